The zero-order valence-corrected chi connectivity index (χ0v) is 12.0. The molecule has 4 atom stereocenters. The molecule has 2 aliphatic rings. The molecule has 0 spiro atoms. The molecule has 5 heteroatoms. The zero-order valence-electron chi connectivity index (χ0n) is 11.1. The predicted molar refractivity (Wildman–Crippen MR) is 73.5 cm³/mol. The maximum absolute atomic E-state index is 13.4. The van der Waals surface area contributed by atoms with Gasteiger partial charge in [0.1, 0.15) is 6.17 Å². The predicted octanol–water partition coefficient (Wildman–Crippen LogP) is 2.76. The maximum atomic E-state index is 13.4. The van der Waals surface area contributed by atoms with E-state index in [0.717, 1.165) is 18.0 Å². The van der Waals surface area contributed by atoms with Crippen LogP contribution < -0.4 is 5.32 Å². The van der Waals surface area contributed by atoms with Gasteiger partial charge < -0.3 is 5.32 Å². The van der Waals surface area contributed by atoms with E-state index in [2.05, 4.69) is 10.3 Å². The normalized spacial score (nSPS) is 39.4. The van der Waals surface area contributed by atoms with E-state index < -0.39 is 6.17 Å². The first kappa shape index (κ1) is 13.8. The standard InChI is InChI=1S/C13H21FN2OS/c1-7(2)11-12(17)16-13(18-11)15-9-4-5-10(14)8(3)6-9/h7-11H,4-6H2,1-3H3,(H,15,16,17). The summed E-state index contributed by atoms with van der Waals surface area (Å²) in [4.78, 5) is 16.3. The second kappa shape index (κ2) is 5.59. The summed E-state index contributed by atoms with van der Waals surface area (Å²) in [6, 6.07) is 0.167. The fourth-order valence-corrected chi connectivity index (χ4v) is 3.54. The summed E-state index contributed by atoms with van der Waals surface area (Å²) in [6.45, 7) is 6.02. The summed E-state index contributed by atoms with van der Waals surface area (Å²) < 4.78 is 13.4. The smallest absolute Gasteiger partial charge is 0.239 e. The van der Waals surface area contributed by atoms with Gasteiger partial charge in [0.05, 0.1) is 11.3 Å². The second-order valence-electron chi connectivity index (χ2n) is 5.67. The van der Waals surface area contributed by atoms with E-state index in [-0.39, 0.29) is 23.1 Å². The van der Waals surface area contributed by atoms with Crippen molar-refractivity contribution in [3.63, 3.8) is 0 Å². The third kappa shape index (κ3) is 3.05. The minimum atomic E-state index is -0.685. The molecule has 1 aliphatic carbocycles. The number of aliphatic imine (C=N–C) groups is 1. The van der Waals surface area contributed by atoms with E-state index >= 15 is 0 Å². The minimum absolute atomic E-state index is 0.0290. The number of thioether (sulfide) groups is 1. The third-order valence-electron chi connectivity index (χ3n) is 3.67. The Labute approximate surface area is 112 Å². The van der Waals surface area contributed by atoms with E-state index in [4.69, 9.17) is 0 Å². The summed E-state index contributed by atoms with van der Waals surface area (Å²) >= 11 is 1.52. The molecule has 2 fully saturated rings. The Hall–Kier alpha value is -0.580. The first-order valence-electron chi connectivity index (χ1n) is 6.66. The highest BCUT2D eigenvalue weighted by Crippen LogP contribution is 2.31. The highest BCUT2D eigenvalue weighted by molar-refractivity contribution is 8.15. The van der Waals surface area contributed by atoms with E-state index in [9.17, 15) is 9.18 Å². The molecule has 1 saturated carbocycles. The van der Waals surface area contributed by atoms with Gasteiger partial charge in [0, 0.05) is 0 Å². The number of hydrogen-bond donors (Lipinski definition) is 1. The van der Waals surface area contributed by atoms with Gasteiger partial charge in [0.2, 0.25) is 5.91 Å². The molecule has 1 saturated heterocycles. The van der Waals surface area contributed by atoms with Gasteiger partial charge in [-0.25, -0.2) is 4.39 Å². The Kier molecular flexibility index (Phi) is 4.30. The van der Waals surface area contributed by atoms with Crippen LogP contribution in [0.3, 0.4) is 0 Å². The Morgan fingerprint density at radius 1 is 1.44 bits per heavy atom. The lowest BCUT2D eigenvalue weighted by atomic mass is 9.86. The average molecular weight is 272 g/mol. The Bertz CT molecular complexity index is 359. The molecule has 0 radical (unpaired) electrons. The lowest BCUT2D eigenvalue weighted by molar-refractivity contribution is -0.119. The van der Waals surface area contributed by atoms with Crippen molar-refractivity contribution in [3.8, 4) is 0 Å². The van der Waals surface area contributed by atoms with Crippen molar-refractivity contribution >= 4 is 22.8 Å². The monoisotopic (exact) mass is 272 g/mol. The van der Waals surface area contributed by atoms with Crippen molar-refractivity contribution in [2.75, 3.05) is 0 Å². The van der Waals surface area contributed by atoms with Gasteiger partial charge >= 0.3 is 0 Å². The molecule has 18 heavy (non-hydrogen) atoms. The number of carbonyl (C=O) groups is 1. The van der Waals surface area contributed by atoms with Crippen LogP contribution in [-0.4, -0.2) is 28.5 Å². The molecule has 2 rings (SSSR count). The fraction of sp³-hybridized carbons (Fsp3) is 0.846. The largest absolute Gasteiger partial charge is 0.304 e. The van der Waals surface area contributed by atoms with Crippen molar-refractivity contribution in [1.82, 2.24) is 5.32 Å². The molecule has 102 valence electrons. The van der Waals surface area contributed by atoms with Gasteiger partial charge in [0.15, 0.2) is 5.17 Å². The first-order chi connectivity index (χ1) is 8.47. The number of rotatable bonds is 2. The van der Waals surface area contributed by atoms with Gasteiger partial charge in [0.25, 0.3) is 0 Å². The van der Waals surface area contributed by atoms with Crippen molar-refractivity contribution < 1.29 is 9.18 Å². The first-order valence-corrected chi connectivity index (χ1v) is 7.54. The summed E-state index contributed by atoms with van der Waals surface area (Å²) in [5, 5.41) is 3.54. The molecule has 0 aromatic heterocycles. The van der Waals surface area contributed by atoms with Gasteiger partial charge in [-0.3, -0.25) is 9.79 Å². The Morgan fingerprint density at radius 3 is 2.72 bits per heavy atom. The highest BCUT2D eigenvalue weighted by Gasteiger charge is 2.34. The van der Waals surface area contributed by atoms with Crippen LogP contribution in [0, 0.1) is 11.8 Å². The SMILES string of the molecule is CC(C)C1SC(=NC2CCC(F)C(C)C2)NC1=O. The van der Waals surface area contributed by atoms with E-state index in [1.807, 2.05) is 20.8 Å². The van der Waals surface area contributed by atoms with Crippen LogP contribution in [0.5, 0.6) is 0 Å². The number of halogens is 1. The fourth-order valence-electron chi connectivity index (χ4n) is 2.50. The quantitative estimate of drug-likeness (QED) is 0.840. The molecule has 0 bridgehead atoms. The number of amides is 1. The lowest BCUT2D eigenvalue weighted by Crippen LogP contribution is -2.30. The van der Waals surface area contributed by atoms with Gasteiger partial charge in [-0.15, -0.1) is 0 Å². The van der Waals surface area contributed by atoms with Crippen LogP contribution in [-0.2, 0) is 4.79 Å². The van der Waals surface area contributed by atoms with Crippen LogP contribution in [0.15, 0.2) is 4.99 Å². The molecule has 0 aromatic carbocycles. The molecular weight excluding hydrogens is 251 g/mol. The lowest BCUT2D eigenvalue weighted by Gasteiger charge is -2.27. The van der Waals surface area contributed by atoms with Gasteiger partial charge in [-0.2, -0.15) is 0 Å². The number of alkyl halides is 1. The Morgan fingerprint density at radius 2 is 2.17 bits per heavy atom. The zero-order chi connectivity index (χ0) is 13.3. The number of nitrogens with one attached hydrogen (secondary N) is 1. The average Bonchev–Trinajstić information content (AvgIpc) is 2.65. The molecule has 0 aromatic rings. The summed E-state index contributed by atoms with van der Waals surface area (Å²) in [6.07, 6.45) is 1.48. The van der Waals surface area contributed by atoms with E-state index in [0.29, 0.717) is 12.3 Å². The Balaban J connectivity index is 1.96. The minimum Gasteiger partial charge on any atom is -0.304 e. The topological polar surface area (TPSA) is 41.5 Å². The van der Waals surface area contributed by atoms with Gasteiger partial charge in [-0.1, -0.05) is 32.5 Å². The van der Waals surface area contributed by atoms with Crippen molar-refractivity contribution in [1.29, 1.82) is 0 Å². The van der Waals surface area contributed by atoms with Crippen LogP contribution >= 0.6 is 11.8 Å². The highest BCUT2D eigenvalue weighted by atomic mass is 32.2. The van der Waals surface area contributed by atoms with Crippen molar-refractivity contribution in [2.24, 2.45) is 16.8 Å². The third-order valence-corrected chi connectivity index (χ3v) is 5.11. The van der Waals surface area contributed by atoms with E-state index in [1.165, 1.54) is 11.8 Å². The molecule has 1 heterocycles. The van der Waals surface area contributed by atoms with Crippen molar-refractivity contribution in [3.05, 3.63) is 0 Å². The molecule has 1 N–H and O–H groups in total. The molecule has 3 nitrogen and oxygen atoms in total. The number of carbonyl (C=O) groups excluding carboxylic acids is 1. The van der Waals surface area contributed by atoms with Crippen LogP contribution in [0.1, 0.15) is 40.0 Å². The molecule has 1 aliphatic heterocycles. The second-order valence-corrected chi connectivity index (χ2v) is 6.80. The van der Waals surface area contributed by atoms with Gasteiger partial charge in [-0.05, 0) is 31.1 Å². The summed E-state index contributed by atoms with van der Waals surface area (Å²) in [5.74, 6) is 0.445. The maximum Gasteiger partial charge on any atom is 0.239 e. The molecule has 1 amide bonds. The number of amidine groups is 1. The molecular formula is C13H21FN2OS. The van der Waals surface area contributed by atoms with Crippen LogP contribution in [0.4, 0.5) is 4.39 Å². The number of nitrogens with zero attached hydrogens (tertiary/aromatic N) is 1. The van der Waals surface area contributed by atoms with Crippen LogP contribution in [0.25, 0.3) is 0 Å². The number of hydrogen-bond acceptors (Lipinski definition) is 3. The van der Waals surface area contributed by atoms with Crippen LogP contribution in [0.2, 0.25) is 0 Å². The summed E-state index contributed by atoms with van der Waals surface area (Å²) in [5.41, 5.74) is 0. The van der Waals surface area contributed by atoms with Crippen molar-refractivity contribution in [2.45, 2.75) is 57.5 Å². The van der Waals surface area contributed by atoms with E-state index in [1.54, 1.807) is 0 Å². The summed E-state index contributed by atoms with van der Waals surface area (Å²) in [7, 11) is 0. The molecule has 4 unspecified atom stereocenters.